The van der Waals surface area contributed by atoms with Crippen molar-refractivity contribution in [2.24, 2.45) is 0 Å². The van der Waals surface area contributed by atoms with Crippen molar-refractivity contribution in [3.05, 3.63) is 89.8 Å². The number of thioether (sulfide) groups is 1. The Morgan fingerprint density at radius 3 is 2.35 bits per heavy atom. The van der Waals surface area contributed by atoms with Gasteiger partial charge in [0.15, 0.2) is 5.16 Å². The lowest BCUT2D eigenvalue weighted by molar-refractivity contribution is -0.113. The number of anilines is 1. The molecule has 0 saturated carbocycles. The first-order valence-electron chi connectivity index (χ1n) is 10.1. The van der Waals surface area contributed by atoms with Gasteiger partial charge in [0, 0.05) is 42.7 Å². The van der Waals surface area contributed by atoms with Crippen LogP contribution in [0.15, 0.2) is 72.4 Å². The number of benzene rings is 2. The summed E-state index contributed by atoms with van der Waals surface area (Å²) >= 11 is 1.42. The van der Waals surface area contributed by atoms with Crippen LogP contribution < -0.4 is 5.32 Å². The first-order chi connectivity index (χ1) is 15.0. The number of hydrogen-bond donors (Lipinski definition) is 1. The number of nitrogens with one attached hydrogen (secondary N) is 1. The van der Waals surface area contributed by atoms with Gasteiger partial charge in [-0.3, -0.25) is 9.36 Å². The SMILES string of the molecule is Cc1cc(C)cc(-n2ccnc2SCC(=O)Nc2ccc(Cn3ccnc3C)cc2)c1. The average molecular weight is 432 g/mol. The molecule has 0 saturated heterocycles. The highest BCUT2D eigenvalue weighted by molar-refractivity contribution is 7.99. The molecule has 0 spiro atoms. The lowest BCUT2D eigenvalue weighted by Crippen LogP contribution is -2.14. The number of hydrogen-bond acceptors (Lipinski definition) is 4. The highest BCUT2D eigenvalue weighted by atomic mass is 32.2. The molecule has 0 unspecified atom stereocenters. The third-order valence-corrected chi connectivity index (χ3v) is 5.90. The average Bonchev–Trinajstić information content (AvgIpc) is 3.36. The fourth-order valence-corrected chi connectivity index (χ4v) is 4.24. The number of amides is 1. The summed E-state index contributed by atoms with van der Waals surface area (Å²) in [6, 6.07) is 14.3. The maximum Gasteiger partial charge on any atom is 0.234 e. The van der Waals surface area contributed by atoms with E-state index in [9.17, 15) is 4.79 Å². The predicted octanol–water partition coefficient (Wildman–Crippen LogP) is 4.77. The summed E-state index contributed by atoms with van der Waals surface area (Å²) in [7, 11) is 0. The Hall–Kier alpha value is -3.32. The van der Waals surface area contributed by atoms with Crippen LogP contribution in [0.1, 0.15) is 22.5 Å². The van der Waals surface area contributed by atoms with Gasteiger partial charge in [0.05, 0.1) is 5.75 Å². The summed E-state index contributed by atoms with van der Waals surface area (Å²) in [6.45, 7) is 6.90. The van der Waals surface area contributed by atoms with Crippen LogP contribution in [0.4, 0.5) is 5.69 Å². The maximum absolute atomic E-state index is 12.5. The Labute approximate surface area is 186 Å². The number of imidazole rings is 2. The summed E-state index contributed by atoms with van der Waals surface area (Å²) in [4.78, 5) is 21.1. The molecule has 0 radical (unpaired) electrons. The summed E-state index contributed by atoms with van der Waals surface area (Å²) in [5.41, 5.74) is 5.40. The van der Waals surface area contributed by atoms with Crippen molar-refractivity contribution < 1.29 is 4.79 Å². The standard InChI is InChI=1S/C24H25N5OS/c1-17-12-18(2)14-22(13-17)29-11-9-26-24(29)31-16-23(30)27-21-6-4-20(5-7-21)15-28-10-8-25-19(28)3/h4-14H,15-16H2,1-3H3,(H,27,30). The zero-order chi connectivity index (χ0) is 21.8. The van der Waals surface area contributed by atoms with Gasteiger partial charge in [-0.25, -0.2) is 9.97 Å². The van der Waals surface area contributed by atoms with Crippen molar-refractivity contribution in [3.63, 3.8) is 0 Å². The monoisotopic (exact) mass is 431 g/mol. The molecule has 4 rings (SSSR count). The van der Waals surface area contributed by atoms with Crippen molar-refractivity contribution >= 4 is 23.4 Å². The third kappa shape index (κ3) is 5.24. The lowest BCUT2D eigenvalue weighted by Gasteiger charge is -2.10. The molecule has 0 bridgehead atoms. The second kappa shape index (κ2) is 9.22. The van der Waals surface area contributed by atoms with E-state index in [1.54, 1.807) is 12.4 Å². The third-order valence-electron chi connectivity index (χ3n) is 4.94. The zero-order valence-electron chi connectivity index (χ0n) is 17.9. The molecule has 4 aromatic rings. The number of nitrogens with zero attached hydrogens (tertiary/aromatic N) is 4. The summed E-state index contributed by atoms with van der Waals surface area (Å²) in [6.07, 6.45) is 7.45. The van der Waals surface area contributed by atoms with E-state index >= 15 is 0 Å². The quantitative estimate of drug-likeness (QED) is 0.428. The van der Waals surface area contributed by atoms with Gasteiger partial charge in [-0.1, -0.05) is 30.0 Å². The minimum Gasteiger partial charge on any atom is -0.331 e. The van der Waals surface area contributed by atoms with Crippen LogP contribution in [0.5, 0.6) is 0 Å². The van der Waals surface area contributed by atoms with Crippen LogP contribution in [0, 0.1) is 20.8 Å². The molecular weight excluding hydrogens is 406 g/mol. The van der Waals surface area contributed by atoms with E-state index < -0.39 is 0 Å². The number of carbonyl (C=O) groups excluding carboxylic acids is 1. The van der Waals surface area contributed by atoms with Crippen molar-refractivity contribution in [3.8, 4) is 5.69 Å². The second-order valence-corrected chi connectivity index (χ2v) is 8.50. The van der Waals surface area contributed by atoms with Crippen LogP contribution >= 0.6 is 11.8 Å². The zero-order valence-corrected chi connectivity index (χ0v) is 18.7. The van der Waals surface area contributed by atoms with E-state index in [0.29, 0.717) is 0 Å². The minimum atomic E-state index is -0.0572. The summed E-state index contributed by atoms with van der Waals surface area (Å²) < 4.78 is 4.10. The van der Waals surface area contributed by atoms with E-state index in [0.717, 1.165) is 34.5 Å². The number of rotatable bonds is 7. The topological polar surface area (TPSA) is 64.7 Å². The van der Waals surface area contributed by atoms with Crippen molar-refractivity contribution in [1.82, 2.24) is 19.1 Å². The molecule has 7 heteroatoms. The molecule has 0 fully saturated rings. The molecule has 0 aliphatic heterocycles. The molecule has 0 aliphatic rings. The summed E-state index contributed by atoms with van der Waals surface area (Å²) in [5.74, 6) is 1.21. The Kier molecular flexibility index (Phi) is 6.23. The van der Waals surface area contributed by atoms with Gasteiger partial charge in [-0.15, -0.1) is 0 Å². The molecule has 31 heavy (non-hydrogen) atoms. The fourth-order valence-electron chi connectivity index (χ4n) is 3.47. The van der Waals surface area contributed by atoms with Crippen LogP contribution in [0.2, 0.25) is 0 Å². The Morgan fingerprint density at radius 1 is 0.968 bits per heavy atom. The molecule has 0 aliphatic carbocycles. The minimum absolute atomic E-state index is 0.0572. The van der Waals surface area contributed by atoms with E-state index in [-0.39, 0.29) is 11.7 Å². The molecule has 158 valence electrons. The normalized spacial score (nSPS) is 10.9. The Balaban J connectivity index is 1.35. The molecule has 2 aromatic heterocycles. The van der Waals surface area contributed by atoms with Crippen molar-refractivity contribution in [2.75, 3.05) is 11.1 Å². The van der Waals surface area contributed by atoms with E-state index in [4.69, 9.17) is 0 Å². The first kappa shape index (κ1) is 20.9. The largest absolute Gasteiger partial charge is 0.331 e. The number of carbonyl (C=O) groups is 1. The Bertz CT molecular complexity index is 1170. The van der Waals surface area contributed by atoms with Gasteiger partial charge in [-0.05, 0) is 61.7 Å². The highest BCUT2D eigenvalue weighted by Crippen LogP contribution is 2.22. The highest BCUT2D eigenvalue weighted by Gasteiger charge is 2.10. The molecule has 0 atom stereocenters. The van der Waals surface area contributed by atoms with E-state index in [1.807, 2.05) is 48.1 Å². The van der Waals surface area contributed by atoms with Gasteiger partial charge in [0.1, 0.15) is 5.82 Å². The maximum atomic E-state index is 12.5. The molecule has 1 N–H and O–H groups in total. The number of aromatic nitrogens is 4. The Morgan fingerprint density at radius 2 is 1.68 bits per heavy atom. The molecule has 6 nitrogen and oxygen atoms in total. The number of aryl methyl sites for hydroxylation is 3. The van der Waals surface area contributed by atoms with Gasteiger partial charge < -0.3 is 9.88 Å². The molecule has 2 aromatic carbocycles. The predicted molar refractivity (Wildman–Crippen MR) is 125 cm³/mol. The second-order valence-electron chi connectivity index (χ2n) is 7.56. The van der Waals surface area contributed by atoms with Crippen LogP contribution in [0.25, 0.3) is 5.69 Å². The fraction of sp³-hybridized carbons (Fsp3) is 0.208. The molecular formula is C24H25N5OS. The van der Waals surface area contributed by atoms with Gasteiger partial charge in [0.2, 0.25) is 5.91 Å². The van der Waals surface area contributed by atoms with Crippen molar-refractivity contribution in [1.29, 1.82) is 0 Å². The van der Waals surface area contributed by atoms with E-state index in [1.165, 1.54) is 22.9 Å². The van der Waals surface area contributed by atoms with Gasteiger partial charge >= 0.3 is 0 Å². The van der Waals surface area contributed by atoms with Crippen LogP contribution in [-0.2, 0) is 11.3 Å². The lowest BCUT2D eigenvalue weighted by atomic mass is 10.1. The molecule has 1 amide bonds. The summed E-state index contributed by atoms with van der Waals surface area (Å²) in [5, 5.41) is 3.76. The van der Waals surface area contributed by atoms with E-state index in [2.05, 4.69) is 51.9 Å². The van der Waals surface area contributed by atoms with Crippen molar-refractivity contribution in [2.45, 2.75) is 32.5 Å². The van der Waals surface area contributed by atoms with Gasteiger partial charge in [0.25, 0.3) is 0 Å². The smallest absolute Gasteiger partial charge is 0.234 e. The molecule has 2 heterocycles. The first-order valence-corrected chi connectivity index (χ1v) is 11.1. The van der Waals surface area contributed by atoms with Gasteiger partial charge in [-0.2, -0.15) is 0 Å². The van der Waals surface area contributed by atoms with Crippen LogP contribution in [-0.4, -0.2) is 30.8 Å². The van der Waals surface area contributed by atoms with Crippen LogP contribution in [0.3, 0.4) is 0 Å².